The fourth-order valence-corrected chi connectivity index (χ4v) is 10.8. The van der Waals surface area contributed by atoms with Crippen molar-refractivity contribution in [3.8, 4) is 0 Å². The van der Waals surface area contributed by atoms with Crippen LogP contribution in [0.5, 0.6) is 0 Å². The monoisotopic (exact) mass is 498 g/mol. The molecule has 4 saturated carbocycles. The van der Waals surface area contributed by atoms with Gasteiger partial charge in [0.15, 0.2) is 9.57 Å². The third-order valence-electron chi connectivity index (χ3n) is 10.5. The Morgan fingerprint density at radius 2 is 1.73 bits per heavy atom. The summed E-state index contributed by atoms with van der Waals surface area (Å²) in [6, 6.07) is 0. The van der Waals surface area contributed by atoms with Crippen LogP contribution in [0.4, 0.5) is 0 Å². The molecule has 0 aromatic rings. The molecule has 2 unspecified atom stereocenters. The highest BCUT2D eigenvalue weighted by Crippen LogP contribution is 2.71. The number of halogens is 2. The molecule has 0 amide bonds. The van der Waals surface area contributed by atoms with Crippen LogP contribution >= 0.6 is 27.5 Å². The van der Waals surface area contributed by atoms with Gasteiger partial charge < -0.3 is 0 Å². The summed E-state index contributed by atoms with van der Waals surface area (Å²) in [6.07, 6.45) is 14.4. The number of rotatable bonds is 5. The van der Waals surface area contributed by atoms with Crippen LogP contribution in [0.1, 0.15) is 105 Å². The fraction of sp³-hybridized carbons (Fsp3) is 0.963. The number of carbonyl (C=O) groups is 1. The topological polar surface area (TPSA) is 17.1 Å². The van der Waals surface area contributed by atoms with Crippen molar-refractivity contribution in [1.82, 2.24) is 0 Å². The molecule has 0 bridgehead atoms. The molecule has 3 heteroatoms. The molecule has 0 heterocycles. The lowest BCUT2D eigenvalue weighted by Crippen LogP contribution is -2.55. The van der Waals surface area contributed by atoms with Gasteiger partial charge in [-0.3, -0.25) is 4.79 Å². The van der Waals surface area contributed by atoms with Crippen molar-refractivity contribution in [2.45, 2.75) is 109 Å². The van der Waals surface area contributed by atoms with E-state index in [0.29, 0.717) is 23.0 Å². The van der Waals surface area contributed by atoms with Crippen LogP contribution in [0.3, 0.4) is 0 Å². The second-order valence-electron chi connectivity index (χ2n) is 12.6. The van der Waals surface area contributed by atoms with E-state index in [1.807, 2.05) is 0 Å². The van der Waals surface area contributed by atoms with Crippen molar-refractivity contribution in [1.29, 1.82) is 0 Å². The van der Waals surface area contributed by atoms with Crippen molar-refractivity contribution < 1.29 is 4.79 Å². The zero-order valence-electron chi connectivity index (χ0n) is 20.0. The number of fused-ring (bicyclic) bond motifs is 5. The summed E-state index contributed by atoms with van der Waals surface area (Å²) < 4.78 is -0.847. The van der Waals surface area contributed by atoms with E-state index in [4.69, 9.17) is 11.6 Å². The first-order valence-corrected chi connectivity index (χ1v) is 14.1. The van der Waals surface area contributed by atoms with E-state index in [1.165, 1.54) is 64.2 Å². The summed E-state index contributed by atoms with van der Waals surface area (Å²) in [4.78, 5) is 13.8. The molecule has 9 atom stereocenters. The quantitative estimate of drug-likeness (QED) is 0.346. The van der Waals surface area contributed by atoms with E-state index in [1.54, 1.807) is 0 Å². The zero-order chi connectivity index (χ0) is 21.9. The van der Waals surface area contributed by atoms with Gasteiger partial charge in [0.1, 0.15) is 0 Å². The maximum absolute atomic E-state index is 13.8. The SMILES string of the molecule is CC(C)CCC[C@@H](C)[C@H]1C(=O)C(Cl)(Br)[C@H]2[C@@H]3CCC4CCCC[C@]4(C)[C@H]3CC[C@]12C. The first-order valence-electron chi connectivity index (χ1n) is 13.0. The average molecular weight is 500 g/mol. The number of alkyl halides is 2. The van der Waals surface area contributed by atoms with E-state index in [-0.39, 0.29) is 17.3 Å². The highest BCUT2D eigenvalue weighted by atomic mass is 79.9. The van der Waals surface area contributed by atoms with Crippen LogP contribution in [0.25, 0.3) is 0 Å². The molecule has 4 aliphatic carbocycles. The fourth-order valence-electron chi connectivity index (χ4n) is 9.15. The number of hydrogen-bond donors (Lipinski definition) is 0. The van der Waals surface area contributed by atoms with E-state index in [0.717, 1.165) is 24.2 Å². The Morgan fingerprint density at radius 1 is 1.00 bits per heavy atom. The molecule has 1 nitrogen and oxygen atoms in total. The molecule has 0 spiro atoms. The van der Waals surface area contributed by atoms with Crippen LogP contribution in [0, 0.1) is 52.3 Å². The summed E-state index contributed by atoms with van der Waals surface area (Å²) in [5.74, 6) is 4.15. The van der Waals surface area contributed by atoms with Crippen molar-refractivity contribution in [2.24, 2.45) is 52.3 Å². The van der Waals surface area contributed by atoms with Crippen molar-refractivity contribution in [2.75, 3.05) is 0 Å². The van der Waals surface area contributed by atoms with Gasteiger partial charge in [-0.1, -0.05) is 87.8 Å². The minimum absolute atomic E-state index is 0.0542. The highest BCUT2D eigenvalue weighted by Gasteiger charge is 2.70. The molecule has 4 rings (SSSR count). The van der Waals surface area contributed by atoms with Crippen LogP contribution in [0.2, 0.25) is 0 Å². The van der Waals surface area contributed by atoms with Crippen LogP contribution in [-0.2, 0) is 4.79 Å². The molecule has 0 aromatic carbocycles. The maximum Gasteiger partial charge on any atom is 0.168 e. The average Bonchev–Trinajstić information content (AvgIpc) is 2.82. The van der Waals surface area contributed by atoms with Crippen molar-refractivity contribution in [3.63, 3.8) is 0 Å². The highest BCUT2D eigenvalue weighted by molar-refractivity contribution is 9.10. The predicted octanol–water partition coefficient (Wildman–Crippen LogP) is 8.62. The van der Waals surface area contributed by atoms with Crippen LogP contribution in [-0.4, -0.2) is 9.57 Å². The van der Waals surface area contributed by atoms with Gasteiger partial charge in [-0.2, -0.15) is 0 Å². The lowest BCUT2D eigenvalue weighted by molar-refractivity contribution is -0.126. The maximum atomic E-state index is 13.8. The molecule has 0 saturated heterocycles. The molecule has 0 N–H and O–H groups in total. The third-order valence-corrected chi connectivity index (χ3v) is 11.8. The van der Waals surface area contributed by atoms with Gasteiger partial charge in [-0.25, -0.2) is 0 Å². The lowest BCUT2D eigenvalue weighted by Gasteiger charge is -2.61. The Morgan fingerprint density at radius 3 is 2.43 bits per heavy atom. The zero-order valence-corrected chi connectivity index (χ0v) is 22.3. The van der Waals surface area contributed by atoms with E-state index >= 15 is 0 Å². The second-order valence-corrected chi connectivity index (χ2v) is 14.9. The molecular weight excluding hydrogens is 456 g/mol. The molecule has 172 valence electrons. The Hall–Kier alpha value is 0.440. The summed E-state index contributed by atoms with van der Waals surface area (Å²) in [7, 11) is 0. The molecule has 0 aliphatic heterocycles. The Labute approximate surface area is 199 Å². The Bertz CT molecular complexity index is 659. The molecular formula is C27H44BrClO. The first kappa shape index (κ1) is 23.6. The van der Waals surface area contributed by atoms with Gasteiger partial charge in [0.05, 0.1) is 0 Å². The van der Waals surface area contributed by atoms with Crippen LogP contribution in [0.15, 0.2) is 0 Å². The summed E-state index contributed by atoms with van der Waals surface area (Å²) in [5.41, 5.74) is 0.533. The Kier molecular flexibility index (Phi) is 6.56. The smallest absolute Gasteiger partial charge is 0.168 e. The minimum Gasteiger partial charge on any atom is -0.296 e. The third kappa shape index (κ3) is 3.57. The number of Topliss-reactive ketones (excluding diaryl/α,β-unsaturated/α-hetero) is 1. The van der Waals surface area contributed by atoms with Gasteiger partial charge in [0.25, 0.3) is 0 Å². The van der Waals surface area contributed by atoms with Gasteiger partial charge in [0, 0.05) is 11.8 Å². The van der Waals surface area contributed by atoms with Gasteiger partial charge >= 0.3 is 0 Å². The van der Waals surface area contributed by atoms with Gasteiger partial charge in [-0.05, 0) is 85.4 Å². The van der Waals surface area contributed by atoms with Crippen molar-refractivity contribution >= 4 is 33.3 Å². The lowest BCUT2D eigenvalue weighted by atomic mass is 9.44. The number of carbonyl (C=O) groups excluding carboxylic acids is 1. The van der Waals surface area contributed by atoms with Crippen molar-refractivity contribution in [3.05, 3.63) is 0 Å². The van der Waals surface area contributed by atoms with E-state index in [9.17, 15) is 4.79 Å². The normalized spacial score (nSPS) is 49.5. The molecule has 0 aromatic heterocycles. The second kappa shape index (κ2) is 8.34. The number of ketones is 1. The van der Waals surface area contributed by atoms with Gasteiger partial charge in [0.2, 0.25) is 0 Å². The minimum atomic E-state index is -0.847. The van der Waals surface area contributed by atoms with E-state index in [2.05, 4.69) is 50.5 Å². The summed E-state index contributed by atoms with van der Waals surface area (Å²) in [6.45, 7) is 12.0. The molecule has 30 heavy (non-hydrogen) atoms. The first-order chi connectivity index (χ1) is 14.0. The molecule has 4 fully saturated rings. The predicted molar refractivity (Wildman–Crippen MR) is 131 cm³/mol. The summed E-state index contributed by atoms with van der Waals surface area (Å²) >= 11 is 11.1. The largest absolute Gasteiger partial charge is 0.296 e. The van der Waals surface area contributed by atoms with E-state index < -0.39 is 3.78 Å². The standard InChI is InChI=1S/C27H44BrClO/c1-17(2)9-8-10-18(3)22-24(30)27(28,29)23-20-13-12-19-11-6-7-15-25(19,4)21(20)14-16-26(22,23)5/h17-23H,6-16H2,1-5H3/t18-,19?,20-,21+,22+,23+,25+,26-,27?/m1/s1. The van der Waals surface area contributed by atoms with Gasteiger partial charge in [-0.15, -0.1) is 0 Å². The molecule has 0 radical (unpaired) electrons. The Balaban J connectivity index is 1.61. The summed E-state index contributed by atoms with van der Waals surface area (Å²) in [5, 5.41) is 0. The van der Waals surface area contributed by atoms with Crippen LogP contribution < -0.4 is 0 Å². The molecule has 4 aliphatic rings. The number of hydrogen-bond acceptors (Lipinski definition) is 1.